The number of carbonyl (C=O) groups excluding carboxylic acids is 1. The zero-order chi connectivity index (χ0) is 17.5. The molecule has 0 atom stereocenters. The standard InChI is InChI=1S/C17H15NO5S/c1-18-13(10-11-6-5-8-14(23-2)16(11)19)17(20)12-7-3-4-9-15(12)24(18,21)22/h3-10,19H,1-2H3. The van der Waals surface area contributed by atoms with Crippen LogP contribution in [0.15, 0.2) is 53.1 Å². The number of carbonyl (C=O) groups is 1. The summed E-state index contributed by atoms with van der Waals surface area (Å²) in [5.74, 6) is -0.353. The third kappa shape index (κ3) is 2.33. The minimum Gasteiger partial charge on any atom is -0.504 e. The molecule has 1 aliphatic heterocycles. The van der Waals surface area contributed by atoms with Crippen LogP contribution in [0.2, 0.25) is 0 Å². The summed E-state index contributed by atoms with van der Waals surface area (Å²) in [6.45, 7) is 0. The fourth-order valence-electron chi connectivity index (χ4n) is 2.56. The van der Waals surface area contributed by atoms with Gasteiger partial charge in [0.05, 0.1) is 12.0 Å². The molecule has 0 fully saturated rings. The van der Waals surface area contributed by atoms with Crippen LogP contribution in [-0.2, 0) is 10.0 Å². The lowest BCUT2D eigenvalue weighted by atomic mass is 10.0. The molecule has 24 heavy (non-hydrogen) atoms. The number of ether oxygens (including phenoxy) is 1. The van der Waals surface area contributed by atoms with Gasteiger partial charge in [0.2, 0.25) is 5.78 Å². The predicted octanol–water partition coefficient (Wildman–Crippen LogP) is 2.26. The Balaban J connectivity index is 2.21. The van der Waals surface area contributed by atoms with Gasteiger partial charge in [-0.25, -0.2) is 8.42 Å². The first kappa shape index (κ1) is 16.1. The second-order valence-electron chi connectivity index (χ2n) is 5.23. The smallest absolute Gasteiger partial charge is 0.264 e. The molecule has 0 radical (unpaired) electrons. The van der Waals surface area contributed by atoms with Gasteiger partial charge in [-0.05, 0) is 24.3 Å². The molecule has 0 unspecified atom stereocenters. The number of Topliss-reactive ketones (excluding diaryl/α,β-unsaturated/α-hetero) is 1. The number of likely N-dealkylation sites (N-methyl/N-ethyl adjacent to an activating group) is 1. The molecule has 0 saturated heterocycles. The summed E-state index contributed by atoms with van der Waals surface area (Å²) in [6.07, 6.45) is 1.34. The molecule has 1 aliphatic rings. The topological polar surface area (TPSA) is 83.9 Å². The summed E-state index contributed by atoms with van der Waals surface area (Å²) in [5, 5.41) is 10.2. The molecule has 7 heteroatoms. The Morgan fingerprint density at radius 3 is 2.54 bits per heavy atom. The Kier molecular flexibility index (Phi) is 3.81. The molecule has 124 valence electrons. The van der Waals surface area contributed by atoms with E-state index in [0.29, 0.717) is 5.56 Å². The minimum absolute atomic E-state index is 0.0236. The molecule has 0 saturated carbocycles. The van der Waals surface area contributed by atoms with Crippen LogP contribution in [0.5, 0.6) is 11.5 Å². The number of para-hydroxylation sites is 1. The van der Waals surface area contributed by atoms with E-state index in [1.807, 2.05) is 0 Å². The van der Waals surface area contributed by atoms with Crippen molar-refractivity contribution in [3.63, 3.8) is 0 Å². The number of sulfonamides is 1. The first-order valence-corrected chi connectivity index (χ1v) is 8.52. The lowest BCUT2D eigenvalue weighted by molar-refractivity contribution is 0.101. The highest BCUT2D eigenvalue weighted by Crippen LogP contribution is 2.35. The van der Waals surface area contributed by atoms with Crippen molar-refractivity contribution < 1.29 is 23.1 Å². The Morgan fingerprint density at radius 1 is 1.12 bits per heavy atom. The number of allylic oxidation sites excluding steroid dienone is 1. The quantitative estimate of drug-likeness (QED) is 0.844. The zero-order valence-electron chi connectivity index (χ0n) is 13.1. The van der Waals surface area contributed by atoms with Crippen molar-refractivity contribution in [1.82, 2.24) is 4.31 Å². The molecule has 1 heterocycles. The highest BCUT2D eigenvalue weighted by atomic mass is 32.2. The van der Waals surface area contributed by atoms with Crippen molar-refractivity contribution in [2.24, 2.45) is 0 Å². The molecule has 6 nitrogen and oxygen atoms in total. The molecule has 0 amide bonds. The largest absolute Gasteiger partial charge is 0.504 e. The summed E-state index contributed by atoms with van der Waals surface area (Å²) in [4.78, 5) is 12.7. The van der Waals surface area contributed by atoms with E-state index in [1.54, 1.807) is 30.3 Å². The number of aromatic hydroxyl groups is 1. The minimum atomic E-state index is -3.82. The van der Waals surface area contributed by atoms with Gasteiger partial charge in [-0.2, -0.15) is 0 Å². The highest BCUT2D eigenvalue weighted by molar-refractivity contribution is 7.89. The third-order valence-electron chi connectivity index (χ3n) is 3.88. The molecule has 2 aromatic rings. The van der Waals surface area contributed by atoms with Crippen molar-refractivity contribution >= 4 is 21.9 Å². The molecule has 0 aliphatic carbocycles. The average Bonchev–Trinajstić information content (AvgIpc) is 2.58. The number of phenolic OH excluding ortho intramolecular Hbond substituents is 1. The number of benzene rings is 2. The summed E-state index contributed by atoms with van der Waals surface area (Å²) < 4.78 is 31.2. The Hall–Kier alpha value is -2.80. The summed E-state index contributed by atoms with van der Waals surface area (Å²) in [7, 11) is -1.10. The molecule has 3 rings (SSSR count). The van der Waals surface area contributed by atoms with Crippen molar-refractivity contribution in [2.45, 2.75) is 4.90 Å². The molecular formula is C17H15NO5S. The maximum atomic E-state index is 12.7. The molecule has 0 spiro atoms. The van der Waals surface area contributed by atoms with Crippen LogP contribution < -0.4 is 4.74 Å². The van der Waals surface area contributed by atoms with Crippen LogP contribution in [0, 0.1) is 0 Å². The van der Waals surface area contributed by atoms with Gasteiger partial charge in [-0.1, -0.05) is 24.3 Å². The Morgan fingerprint density at radius 2 is 1.83 bits per heavy atom. The lowest BCUT2D eigenvalue weighted by Gasteiger charge is -2.28. The number of ketones is 1. The van der Waals surface area contributed by atoms with Crippen LogP contribution in [0.1, 0.15) is 15.9 Å². The van der Waals surface area contributed by atoms with Crippen LogP contribution in [0.25, 0.3) is 6.08 Å². The first-order valence-electron chi connectivity index (χ1n) is 7.08. The fourth-order valence-corrected chi connectivity index (χ4v) is 3.94. The van der Waals surface area contributed by atoms with E-state index in [9.17, 15) is 18.3 Å². The molecule has 0 aromatic heterocycles. The second-order valence-corrected chi connectivity index (χ2v) is 7.16. The van der Waals surface area contributed by atoms with Crippen LogP contribution in [0.3, 0.4) is 0 Å². The van der Waals surface area contributed by atoms with Gasteiger partial charge < -0.3 is 9.84 Å². The van der Waals surface area contributed by atoms with Crippen LogP contribution >= 0.6 is 0 Å². The van der Waals surface area contributed by atoms with Gasteiger partial charge in [0, 0.05) is 18.2 Å². The summed E-state index contributed by atoms with van der Waals surface area (Å²) in [6, 6.07) is 10.8. The van der Waals surface area contributed by atoms with Gasteiger partial charge in [0.1, 0.15) is 5.70 Å². The number of fused-ring (bicyclic) bond motifs is 1. The maximum Gasteiger partial charge on any atom is 0.264 e. The molecule has 0 bridgehead atoms. The Bertz CT molecular complexity index is 963. The lowest BCUT2D eigenvalue weighted by Crippen LogP contribution is -2.36. The maximum absolute atomic E-state index is 12.7. The first-order chi connectivity index (χ1) is 11.4. The van der Waals surface area contributed by atoms with E-state index in [1.165, 1.54) is 32.4 Å². The van der Waals surface area contributed by atoms with Crippen molar-refractivity contribution in [3.8, 4) is 11.5 Å². The molecule has 2 aromatic carbocycles. The average molecular weight is 345 g/mol. The van der Waals surface area contributed by atoms with E-state index < -0.39 is 15.8 Å². The number of hydrogen-bond donors (Lipinski definition) is 1. The van der Waals surface area contributed by atoms with Crippen LogP contribution in [0.4, 0.5) is 0 Å². The SMILES string of the molecule is COc1cccc(C=C2C(=O)c3ccccc3S(=O)(=O)N2C)c1O. The molecular weight excluding hydrogens is 330 g/mol. The molecule has 1 N–H and O–H groups in total. The predicted molar refractivity (Wildman–Crippen MR) is 88.4 cm³/mol. The summed E-state index contributed by atoms with van der Waals surface area (Å²) in [5.41, 5.74) is 0.362. The van der Waals surface area contributed by atoms with E-state index in [2.05, 4.69) is 0 Å². The van der Waals surface area contributed by atoms with E-state index in [-0.39, 0.29) is 27.7 Å². The van der Waals surface area contributed by atoms with Crippen LogP contribution in [-0.4, -0.2) is 37.8 Å². The van der Waals surface area contributed by atoms with Gasteiger partial charge >= 0.3 is 0 Å². The number of nitrogens with zero attached hydrogens (tertiary/aromatic N) is 1. The van der Waals surface area contributed by atoms with Gasteiger partial charge in [-0.3, -0.25) is 9.10 Å². The van der Waals surface area contributed by atoms with Crippen molar-refractivity contribution in [2.75, 3.05) is 14.2 Å². The van der Waals surface area contributed by atoms with Crippen molar-refractivity contribution in [3.05, 3.63) is 59.3 Å². The van der Waals surface area contributed by atoms with Gasteiger partial charge in [0.25, 0.3) is 10.0 Å². The van der Waals surface area contributed by atoms with Gasteiger partial charge in [-0.15, -0.1) is 0 Å². The third-order valence-corrected chi connectivity index (χ3v) is 5.71. The van der Waals surface area contributed by atoms with Crippen molar-refractivity contribution in [1.29, 1.82) is 0 Å². The van der Waals surface area contributed by atoms with E-state index in [4.69, 9.17) is 4.74 Å². The van der Waals surface area contributed by atoms with E-state index in [0.717, 1.165) is 4.31 Å². The highest BCUT2D eigenvalue weighted by Gasteiger charge is 2.36. The number of phenols is 1. The monoisotopic (exact) mass is 345 g/mol. The van der Waals surface area contributed by atoms with E-state index >= 15 is 0 Å². The second kappa shape index (κ2) is 5.68. The number of rotatable bonds is 2. The normalized spacial score (nSPS) is 17.7. The number of hydrogen-bond acceptors (Lipinski definition) is 5. The van der Waals surface area contributed by atoms with Gasteiger partial charge in [0.15, 0.2) is 11.5 Å². The summed E-state index contributed by atoms with van der Waals surface area (Å²) >= 11 is 0. The Labute approximate surface area is 139 Å². The fraction of sp³-hybridized carbons (Fsp3) is 0.118. The number of methoxy groups -OCH3 is 1. The zero-order valence-corrected chi connectivity index (χ0v) is 13.9.